The normalized spacial score (nSPS) is 11.2. The molecule has 0 aliphatic rings. The number of hydrogen-bond donors (Lipinski definition) is 1. The predicted octanol–water partition coefficient (Wildman–Crippen LogP) is 3.06. The van der Waals surface area contributed by atoms with E-state index in [1.165, 1.54) is 0 Å². The van der Waals surface area contributed by atoms with Gasteiger partial charge in [0.1, 0.15) is 11.2 Å². The van der Waals surface area contributed by atoms with Gasteiger partial charge in [-0.3, -0.25) is 0 Å². The quantitative estimate of drug-likeness (QED) is 0.668. The summed E-state index contributed by atoms with van der Waals surface area (Å²) in [7, 11) is 0. The second-order valence-electron chi connectivity index (χ2n) is 4.17. The van der Waals surface area contributed by atoms with E-state index in [4.69, 9.17) is 16.0 Å². The Bertz CT molecular complexity index is 703. The highest BCUT2D eigenvalue weighted by Crippen LogP contribution is 2.29. The smallest absolute Gasteiger partial charge is 0.320 e. The average molecular weight is 244 g/mol. The van der Waals surface area contributed by atoms with E-state index in [-0.39, 0.29) is 0 Å². The van der Waals surface area contributed by atoms with Crippen molar-refractivity contribution in [1.82, 2.24) is 0 Å². The monoisotopic (exact) mass is 244 g/mol. The van der Waals surface area contributed by atoms with Crippen LogP contribution in [0.3, 0.4) is 0 Å². The van der Waals surface area contributed by atoms with E-state index in [2.05, 4.69) is 0 Å². The van der Waals surface area contributed by atoms with Crippen molar-refractivity contribution < 1.29 is 9.44 Å². The lowest BCUT2D eigenvalue weighted by atomic mass is 9.64. The first kappa shape index (κ1) is 10.7. The van der Waals surface area contributed by atoms with Gasteiger partial charge >= 0.3 is 6.92 Å². The minimum atomic E-state index is -0.490. The second-order valence-corrected chi connectivity index (χ2v) is 4.61. The summed E-state index contributed by atoms with van der Waals surface area (Å²) in [5, 5.41) is 12.3. The molecule has 2 nitrogen and oxygen atoms in total. The van der Waals surface area contributed by atoms with Crippen LogP contribution >= 0.6 is 11.6 Å². The first-order chi connectivity index (χ1) is 8.15. The van der Waals surface area contributed by atoms with E-state index in [0.29, 0.717) is 5.02 Å². The van der Waals surface area contributed by atoms with E-state index in [1.54, 1.807) is 12.9 Å². The molecule has 3 rings (SSSR count). The summed E-state index contributed by atoms with van der Waals surface area (Å²) in [5.41, 5.74) is 2.40. The number of halogens is 1. The van der Waals surface area contributed by atoms with Crippen LogP contribution in [-0.4, -0.2) is 11.9 Å². The van der Waals surface area contributed by atoms with Gasteiger partial charge in [0.15, 0.2) is 0 Å². The Balaban J connectivity index is 2.35. The van der Waals surface area contributed by atoms with Crippen LogP contribution in [0.5, 0.6) is 0 Å². The molecule has 0 radical (unpaired) electrons. The molecule has 0 spiro atoms. The van der Waals surface area contributed by atoms with Gasteiger partial charge in [0.25, 0.3) is 0 Å². The zero-order chi connectivity index (χ0) is 12.0. The second kappa shape index (κ2) is 3.79. The summed E-state index contributed by atoms with van der Waals surface area (Å²) in [4.78, 5) is 0. The fourth-order valence-electron chi connectivity index (χ4n) is 2.03. The number of hydrogen-bond acceptors (Lipinski definition) is 2. The third-order valence-electron chi connectivity index (χ3n) is 2.94. The molecule has 84 valence electrons. The molecule has 0 bridgehead atoms. The van der Waals surface area contributed by atoms with Crippen molar-refractivity contribution in [3.05, 3.63) is 41.4 Å². The predicted molar refractivity (Wildman–Crippen MR) is 72.2 cm³/mol. The Morgan fingerprint density at radius 2 is 1.71 bits per heavy atom. The Labute approximate surface area is 104 Å². The van der Waals surface area contributed by atoms with Gasteiger partial charge in [-0.15, -0.1) is 0 Å². The lowest BCUT2D eigenvalue weighted by Gasteiger charge is -1.99. The van der Waals surface area contributed by atoms with Gasteiger partial charge in [-0.25, -0.2) is 0 Å². The SMILES string of the molecule is CB(O)c1ccc2c(c1)oc1cc(Cl)ccc12. The highest BCUT2D eigenvalue weighted by atomic mass is 35.5. The molecule has 2 aromatic carbocycles. The van der Waals surface area contributed by atoms with Crippen LogP contribution in [0.15, 0.2) is 40.8 Å². The van der Waals surface area contributed by atoms with Gasteiger partial charge in [-0.05, 0) is 23.7 Å². The largest absolute Gasteiger partial charge is 0.456 e. The van der Waals surface area contributed by atoms with E-state index in [9.17, 15) is 5.02 Å². The summed E-state index contributed by atoms with van der Waals surface area (Å²) in [6, 6.07) is 11.4. The third kappa shape index (κ3) is 1.72. The molecule has 0 aliphatic heterocycles. The van der Waals surface area contributed by atoms with Crippen molar-refractivity contribution in [3.63, 3.8) is 0 Å². The number of rotatable bonds is 1. The Kier molecular flexibility index (Phi) is 2.39. The summed E-state index contributed by atoms with van der Waals surface area (Å²) in [5.74, 6) is 0. The van der Waals surface area contributed by atoms with Crippen molar-refractivity contribution >= 4 is 45.9 Å². The van der Waals surface area contributed by atoms with Gasteiger partial charge in [0, 0.05) is 21.9 Å². The first-order valence-corrected chi connectivity index (χ1v) is 5.83. The minimum Gasteiger partial charge on any atom is -0.456 e. The Hall–Kier alpha value is -1.45. The molecule has 0 unspecified atom stereocenters. The van der Waals surface area contributed by atoms with Gasteiger partial charge in [-0.1, -0.05) is 30.6 Å². The van der Waals surface area contributed by atoms with Gasteiger partial charge in [0.2, 0.25) is 0 Å². The van der Waals surface area contributed by atoms with Crippen LogP contribution < -0.4 is 5.46 Å². The maximum atomic E-state index is 9.54. The van der Waals surface area contributed by atoms with Gasteiger partial charge in [0.05, 0.1) is 0 Å². The zero-order valence-corrected chi connectivity index (χ0v) is 10.0. The van der Waals surface area contributed by atoms with E-state index in [1.807, 2.05) is 30.3 Å². The number of fused-ring (bicyclic) bond motifs is 3. The molecular formula is C13H10BClO2. The fourth-order valence-corrected chi connectivity index (χ4v) is 2.19. The summed E-state index contributed by atoms with van der Waals surface area (Å²) >= 11 is 5.93. The van der Waals surface area contributed by atoms with Crippen LogP contribution in [0.4, 0.5) is 0 Å². The highest BCUT2D eigenvalue weighted by molar-refractivity contribution is 6.65. The summed E-state index contributed by atoms with van der Waals surface area (Å²) in [6.07, 6.45) is 0. The van der Waals surface area contributed by atoms with Crippen molar-refractivity contribution in [3.8, 4) is 0 Å². The zero-order valence-electron chi connectivity index (χ0n) is 9.27. The molecule has 3 aromatic rings. The molecule has 0 amide bonds. The van der Waals surface area contributed by atoms with E-state index < -0.39 is 6.92 Å². The Morgan fingerprint density at radius 3 is 2.41 bits per heavy atom. The van der Waals surface area contributed by atoms with Gasteiger partial charge < -0.3 is 9.44 Å². The molecule has 4 heteroatoms. The standard InChI is InChI=1S/C13H10BClO2/c1-14(16)8-2-4-10-11-5-3-9(15)7-13(11)17-12(10)6-8/h2-7,16H,1H3. The number of furan rings is 1. The maximum Gasteiger partial charge on any atom is 0.320 e. The molecular weight excluding hydrogens is 234 g/mol. The third-order valence-corrected chi connectivity index (χ3v) is 3.18. The van der Waals surface area contributed by atoms with Gasteiger partial charge in [-0.2, -0.15) is 0 Å². The number of benzene rings is 2. The molecule has 0 saturated heterocycles. The average Bonchev–Trinajstić information content (AvgIpc) is 2.64. The molecule has 0 atom stereocenters. The van der Waals surface area contributed by atoms with Crippen molar-refractivity contribution in [2.75, 3.05) is 0 Å². The molecule has 17 heavy (non-hydrogen) atoms. The van der Waals surface area contributed by atoms with Crippen molar-refractivity contribution in [2.24, 2.45) is 0 Å². The first-order valence-electron chi connectivity index (χ1n) is 5.45. The highest BCUT2D eigenvalue weighted by Gasteiger charge is 2.11. The van der Waals surface area contributed by atoms with E-state index in [0.717, 1.165) is 27.4 Å². The van der Waals surface area contributed by atoms with Crippen LogP contribution in [0.25, 0.3) is 21.9 Å². The van der Waals surface area contributed by atoms with Crippen molar-refractivity contribution in [1.29, 1.82) is 0 Å². The summed E-state index contributed by atoms with van der Waals surface area (Å²) < 4.78 is 5.73. The van der Waals surface area contributed by atoms with Crippen LogP contribution in [0, 0.1) is 0 Å². The lowest BCUT2D eigenvalue weighted by molar-refractivity contribution is 0.593. The lowest BCUT2D eigenvalue weighted by Crippen LogP contribution is -2.25. The van der Waals surface area contributed by atoms with Crippen LogP contribution in [0.2, 0.25) is 11.8 Å². The van der Waals surface area contributed by atoms with E-state index >= 15 is 0 Å². The molecule has 1 N–H and O–H groups in total. The molecule has 1 heterocycles. The molecule has 1 aromatic heterocycles. The molecule has 0 aliphatic carbocycles. The van der Waals surface area contributed by atoms with Crippen molar-refractivity contribution in [2.45, 2.75) is 6.82 Å². The fraction of sp³-hybridized carbons (Fsp3) is 0.0769. The molecule has 0 saturated carbocycles. The van der Waals surface area contributed by atoms with Crippen LogP contribution in [-0.2, 0) is 0 Å². The maximum absolute atomic E-state index is 9.54. The topological polar surface area (TPSA) is 33.4 Å². The minimum absolute atomic E-state index is 0.490. The summed E-state index contributed by atoms with van der Waals surface area (Å²) in [6.45, 7) is 1.25. The Morgan fingerprint density at radius 1 is 1.06 bits per heavy atom. The van der Waals surface area contributed by atoms with Crippen LogP contribution in [0.1, 0.15) is 0 Å². The molecule has 0 fully saturated rings.